The molecule has 0 unspecified atom stereocenters. The highest BCUT2D eigenvalue weighted by Crippen LogP contribution is 2.05. The van der Waals surface area contributed by atoms with E-state index in [-0.39, 0.29) is 6.03 Å². The number of piperazine rings is 1. The average Bonchev–Trinajstić information content (AvgIpc) is 2.71. The molecule has 2 saturated heterocycles. The molecule has 1 atom stereocenters. The molecule has 0 bridgehead atoms. The van der Waals surface area contributed by atoms with E-state index in [0.717, 1.165) is 45.7 Å². The second kappa shape index (κ2) is 5.05. The molecule has 0 spiro atoms. The molecule has 2 fully saturated rings. The van der Waals surface area contributed by atoms with Gasteiger partial charge in [0.15, 0.2) is 0 Å². The zero-order valence-corrected chi connectivity index (χ0v) is 9.67. The summed E-state index contributed by atoms with van der Waals surface area (Å²) < 4.78 is 1.95. The van der Waals surface area contributed by atoms with Gasteiger partial charge in [0.05, 0.1) is 0 Å². The van der Waals surface area contributed by atoms with Crippen LogP contribution in [0.15, 0.2) is 0 Å². The van der Waals surface area contributed by atoms with E-state index >= 15 is 0 Å². The summed E-state index contributed by atoms with van der Waals surface area (Å²) in [7, 11) is 0. The molecule has 15 heavy (non-hydrogen) atoms. The lowest BCUT2D eigenvalue weighted by Crippen LogP contribution is -2.52. The maximum Gasteiger partial charge on any atom is 0.317 e. The molecule has 2 heterocycles. The number of thiol groups is 1. The minimum absolute atomic E-state index is 0.0742. The quantitative estimate of drug-likeness (QED) is 0.533. The number of carbonyl (C=O) groups excluding carboxylic acids is 1. The van der Waals surface area contributed by atoms with Gasteiger partial charge in [0.1, 0.15) is 0 Å². The number of nitrogens with one attached hydrogen (secondary N) is 2. The SMILES string of the molecule is O=C(N[C@H]1CCNC1)N1CCN(S)CC1. The maximum absolute atomic E-state index is 11.8. The fourth-order valence-electron chi connectivity index (χ4n) is 1.94. The summed E-state index contributed by atoms with van der Waals surface area (Å²) in [6.45, 7) is 5.15. The summed E-state index contributed by atoms with van der Waals surface area (Å²) in [5, 5.41) is 6.28. The fraction of sp³-hybridized carbons (Fsp3) is 0.889. The van der Waals surface area contributed by atoms with E-state index in [4.69, 9.17) is 0 Å². The van der Waals surface area contributed by atoms with E-state index in [0.29, 0.717) is 6.04 Å². The van der Waals surface area contributed by atoms with Crippen molar-refractivity contribution in [1.29, 1.82) is 0 Å². The zero-order chi connectivity index (χ0) is 10.7. The Morgan fingerprint density at radius 2 is 2.07 bits per heavy atom. The Hall–Kier alpha value is -0.460. The van der Waals surface area contributed by atoms with Crippen molar-refractivity contribution in [3.63, 3.8) is 0 Å². The van der Waals surface area contributed by atoms with Gasteiger partial charge >= 0.3 is 6.03 Å². The number of rotatable bonds is 1. The van der Waals surface area contributed by atoms with Gasteiger partial charge in [-0.15, -0.1) is 0 Å². The lowest BCUT2D eigenvalue weighted by atomic mass is 10.2. The summed E-state index contributed by atoms with van der Waals surface area (Å²) in [5.41, 5.74) is 0. The van der Waals surface area contributed by atoms with Crippen LogP contribution < -0.4 is 10.6 Å². The van der Waals surface area contributed by atoms with Crippen molar-refractivity contribution in [2.45, 2.75) is 12.5 Å². The first-order valence-electron chi connectivity index (χ1n) is 5.45. The summed E-state index contributed by atoms with van der Waals surface area (Å²) in [6.07, 6.45) is 1.04. The highest BCUT2D eigenvalue weighted by molar-refractivity contribution is 7.77. The monoisotopic (exact) mass is 230 g/mol. The number of hydrogen-bond acceptors (Lipinski definition) is 4. The van der Waals surface area contributed by atoms with Crippen LogP contribution in [0.2, 0.25) is 0 Å². The van der Waals surface area contributed by atoms with E-state index in [2.05, 4.69) is 23.4 Å². The van der Waals surface area contributed by atoms with Crippen LogP contribution >= 0.6 is 12.8 Å². The Labute approximate surface area is 95.7 Å². The highest BCUT2D eigenvalue weighted by Gasteiger charge is 2.23. The molecule has 0 aromatic rings. The van der Waals surface area contributed by atoms with Crippen molar-refractivity contribution in [2.24, 2.45) is 0 Å². The Bertz CT molecular complexity index is 224. The molecule has 2 aliphatic rings. The smallest absolute Gasteiger partial charge is 0.317 e. The average molecular weight is 230 g/mol. The zero-order valence-electron chi connectivity index (χ0n) is 8.78. The third-order valence-corrected chi connectivity index (χ3v) is 3.33. The number of amides is 2. The molecule has 0 aromatic carbocycles. The lowest BCUT2D eigenvalue weighted by Gasteiger charge is -2.32. The maximum atomic E-state index is 11.8. The van der Waals surface area contributed by atoms with Crippen LogP contribution in [0.3, 0.4) is 0 Å². The Morgan fingerprint density at radius 1 is 1.33 bits per heavy atom. The highest BCUT2D eigenvalue weighted by atomic mass is 32.1. The third-order valence-electron chi connectivity index (χ3n) is 2.93. The van der Waals surface area contributed by atoms with Crippen molar-refractivity contribution in [1.82, 2.24) is 19.8 Å². The first-order chi connectivity index (χ1) is 7.25. The van der Waals surface area contributed by atoms with Crippen LogP contribution in [0.25, 0.3) is 0 Å². The van der Waals surface area contributed by atoms with Gasteiger partial charge in [-0.3, -0.25) is 0 Å². The van der Waals surface area contributed by atoms with Crippen LogP contribution in [0.1, 0.15) is 6.42 Å². The largest absolute Gasteiger partial charge is 0.334 e. The van der Waals surface area contributed by atoms with Crippen LogP contribution in [0.5, 0.6) is 0 Å². The van der Waals surface area contributed by atoms with E-state index < -0.39 is 0 Å². The molecule has 0 aromatic heterocycles. The molecule has 0 aliphatic carbocycles. The third kappa shape index (κ3) is 2.99. The van der Waals surface area contributed by atoms with E-state index in [9.17, 15) is 4.79 Å². The number of urea groups is 1. The Morgan fingerprint density at radius 3 is 2.67 bits per heavy atom. The van der Waals surface area contributed by atoms with Crippen molar-refractivity contribution in [2.75, 3.05) is 39.3 Å². The summed E-state index contributed by atoms with van der Waals surface area (Å²) in [5.74, 6) is 0. The topological polar surface area (TPSA) is 47.6 Å². The second-order valence-corrected chi connectivity index (χ2v) is 4.65. The predicted molar refractivity (Wildman–Crippen MR) is 61.9 cm³/mol. The molecule has 2 aliphatic heterocycles. The first kappa shape index (κ1) is 11.0. The van der Waals surface area contributed by atoms with Gasteiger partial charge in [-0.25, -0.2) is 9.10 Å². The molecule has 2 rings (SSSR count). The molecule has 2 N–H and O–H groups in total. The van der Waals surface area contributed by atoms with Gasteiger partial charge in [-0.2, -0.15) is 0 Å². The molecule has 2 amide bonds. The molecule has 0 saturated carbocycles. The van der Waals surface area contributed by atoms with E-state index in [1.807, 2.05) is 9.21 Å². The molecular weight excluding hydrogens is 212 g/mol. The van der Waals surface area contributed by atoms with Crippen LogP contribution in [-0.2, 0) is 0 Å². The van der Waals surface area contributed by atoms with Crippen molar-refractivity contribution < 1.29 is 4.79 Å². The Balaban J connectivity index is 1.75. The van der Waals surface area contributed by atoms with E-state index in [1.165, 1.54) is 0 Å². The number of nitrogens with zero attached hydrogens (tertiary/aromatic N) is 2. The van der Waals surface area contributed by atoms with Gasteiger partial charge in [-0.05, 0) is 13.0 Å². The number of hydrogen-bond donors (Lipinski definition) is 3. The molecular formula is C9H18N4OS. The predicted octanol–water partition coefficient (Wildman–Crippen LogP) is -0.480. The van der Waals surface area contributed by atoms with Gasteiger partial charge in [-0.1, -0.05) is 12.8 Å². The molecule has 86 valence electrons. The van der Waals surface area contributed by atoms with Gasteiger partial charge < -0.3 is 15.5 Å². The van der Waals surface area contributed by atoms with Gasteiger partial charge in [0.2, 0.25) is 0 Å². The van der Waals surface area contributed by atoms with Crippen LogP contribution in [0.4, 0.5) is 4.79 Å². The summed E-state index contributed by atoms with van der Waals surface area (Å²) >= 11 is 4.25. The Kier molecular flexibility index (Phi) is 3.71. The standard InChI is InChI=1S/C9H18N4OS/c14-9(11-8-1-2-10-7-8)12-3-5-13(15)6-4-12/h8,10,15H,1-7H2,(H,11,14)/t8-/m0/s1. The van der Waals surface area contributed by atoms with Crippen molar-refractivity contribution in [3.05, 3.63) is 0 Å². The van der Waals surface area contributed by atoms with Gasteiger partial charge in [0.25, 0.3) is 0 Å². The second-order valence-electron chi connectivity index (χ2n) is 4.08. The van der Waals surface area contributed by atoms with Crippen LogP contribution in [-0.4, -0.2) is 60.5 Å². The minimum Gasteiger partial charge on any atom is -0.334 e. The fourth-order valence-corrected chi connectivity index (χ4v) is 2.12. The lowest BCUT2D eigenvalue weighted by molar-refractivity contribution is 0.173. The van der Waals surface area contributed by atoms with E-state index in [1.54, 1.807) is 0 Å². The van der Waals surface area contributed by atoms with Crippen molar-refractivity contribution in [3.8, 4) is 0 Å². The first-order valence-corrected chi connectivity index (χ1v) is 5.85. The molecule has 5 nitrogen and oxygen atoms in total. The molecule has 6 heteroatoms. The minimum atomic E-state index is 0.0742. The van der Waals surface area contributed by atoms with Gasteiger partial charge in [0, 0.05) is 38.8 Å². The summed E-state index contributed by atoms with van der Waals surface area (Å²) in [6, 6.07) is 0.386. The number of carbonyl (C=O) groups is 1. The normalized spacial score (nSPS) is 28.1. The summed E-state index contributed by atoms with van der Waals surface area (Å²) in [4.78, 5) is 13.7. The van der Waals surface area contributed by atoms with Crippen molar-refractivity contribution >= 4 is 18.8 Å². The van der Waals surface area contributed by atoms with Crippen LogP contribution in [0, 0.1) is 0 Å². The molecule has 0 radical (unpaired) electrons.